The van der Waals surface area contributed by atoms with Crippen LogP contribution < -0.4 is 10.5 Å². The van der Waals surface area contributed by atoms with E-state index in [1.165, 1.54) is 0 Å². The van der Waals surface area contributed by atoms with Gasteiger partial charge in [0.05, 0.1) is 0 Å². The fourth-order valence-electron chi connectivity index (χ4n) is 1.53. The molecule has 2 N–H and O–H groups in total. The van der Waals surface area contributed by atoms with Crippen LogP contribution in [-0.4, -0.2) is 9.97 Å². The molecule has 0 aliphatic carbocycles. The largest absolute Gasteiger partial charge is 0.439 e. The highest BCUT2D eigenvalue weighted by molar-refractivity contribution is 9.10. The van der Waals surface area contributed by atoms with Gasteiger partial charge in [0.2, 0.25) is 5.88 Å². The van der Waals surface area contributed by atoms with Crippen molar-refractivity contribution in [2.75, 3.05) is 5.73 Å². The highest BCUT2D eigenvalue weighted by Crippen LogP contribution is 2.24. The number of hydrogen-bond acceptors (Lipinski definition) is 4. The molecule has 0 bridgehead atoms. The van der Waals surface area contributed by atoms with E-state index in [1.807, 2.05) is 24.3 Å². The number of nitrogens with zero attached hydrogens (tertiary/aromatic N) is 2. The number of benzene rings is 1. The number of ether oxygens (including phenoxy) is 1. The van der Waals surface area contributed by atoms with Crippen LogP contribution in [0, 0.1) is 0 Å². The van der Waals surface area contributed by atoms with Crippen molar-refractivity contribution in [2.24, 2.45) is 0 Å². The van der Waals surface area contributed by atoms with Gasteiger partial charge in [-0.25, -0.2) is 4.98 Å². The number of anilines is 1. The van der Waals surface area contributed by atoms with E-state index in [1.54, 1.807) is 6.07 Å². The van der Waals surface area contributed by atoms with Gasteiger partial charge in [-0.15, -0.1) is 0 Å². The van der Waals surface area contributed by atoms with Crippen LogP contribution in [0.25, 0.3) is 0 Å². The Labute approximate surface area is 114 Å². The minimum absolute atomic E-state index is 0.429. The summed E-state index contributed by atoms with van der Waals surface area (Å²) in [5.74, 6) is 2.33. The highest BCUT2D eigenvalue weighted by Gasteiger charge is 2.04. The fourth-order valence-corrected chi connectivity index (χ4v) is 1.91. The molecule has 2 rings (SSSR count). The number of nitrogen functional groups attached to an aromatic ring is 1. The Balaban J connectivity index is 2.23. The Morgan fingerprint density at radius 3 is 2.83 bits per heavy atom. The minimum atomic E-state index is 0.429. The van der Waals surface area contributed by atoms with Crippen molar-refractivity contribution in [3.8, 4) is 11.6 Å². The molecule has 4 nitrogen and oxygen atoms in total. The molecule has 0 aliphatic rings. The molecule has 0 amide bonds. The molecule has 0 unspecified atom stereocenters. The summed E-state index contributed by atoms with van der Waals surface area (Å²) in [4.78, 5) is 8.48. The van der Waals surface area contributed by atoms with Crippen LogP contribution in [0.15, 0.2) is 34.8 Å². The predicted octanol–water partition coefficient (Wildman–Crippen LogP) is 3.57. The molecule has 0 aliphatic heterocycles. The highest BCUT2D eigenvalue weighted by atomic mass is 79.9. The molecule has 0 saturated carbocycles. The standard InChI is InChI=1S/C13H14BrN3O/c1-2-4-12-16-11(15)8-13(17-12)18-10-6-3-5-9(14)7-10/h3,5-8H,2,4H2,1H3,(H2,15,16,17). The molecule has 0 atom stereocenters. The molecule has 1 aromatic carbocycles. The van der Waals surface area contributed by atoms with Crippen molar-refractivity contribution in [1.29, 1.82) is 0 Å². The third-order valence-corrected chi connectivity index (χ3v) is 2.75. The molecule has 0 fully saturated rings. The van der Waals surface area contributed by atoms with Gasteiger partial charge in [0, 0.05) is 17.0 Å². The molecule has 94 valence electrons. The summed E-state index contributed by atoms with van der Waals surface area (Å²) >= 11 is 3.39. The van der Waals surface area contributed by atoms with Crippen LogP contribution in [0.1, 0.15) is 19.2 Å². The molecular weight excluding hydrogens is 294 g/mol. The molecule has 18 heavy (non-hydrogen) atoms. The lowest BCUT2D eigenvalue weighted by molar-refractivity contribution is 0.458. The van der Waals surface area contributed by atoms with Crippen molar-refractivity contribution < 1.29 is 4.74 Å². The van der Waals surface area contributed by atoms with Crippen molar-refractivity contribution in [1.82, 2.24) is 9.97 Å². The summed E-state index contributed by atoms with van der Waals surface area (Å²) in [6.07, 6.45) is 1.76. The fraction of sp³-hybridized carbons (Fsp3) is 0.231. The number of aryl methyl sites for hydroxylation is 1. The Bertz CT molecular complexity index is 546. The third-order valence-electron chi connectivity index (χ3n) is 2.26. The molecule has 5 heteroatoms. The van der Waals surface area contributed by atoms with Gasteiger partial charge in [0.25, 0.3) is 0 Å². The summed E-state index contributed by atoms with van der Waals surface area (Å²) in [6.45, 7) is 2.07. The smallest absolute Gasteiger partial charge is 0.224 e. The first-order chi connectivity index (χ1) is 8.67. The van der Waals surface area contributed by atoms with Gasteiger partial charge in [0.15, 0.2) is 0 Å². The van der Waals surface area contributed by atoms with Gasteiger partial charge in [-0.05, 0) is 24.6 Å². The Morgan fingerprint density at radius 1 is 1.28 bits per heavy atom. The summed E-state index contributed by atoms with van der Waals surface area (Å²) in [7, 11) is 0. The first-order valence-corrected chi connectivity index (χ1v) is 6.53. The van der Waals surface area contributed by atoms with Crippen LogP contribution in [-0.2, 0) is 6.42 Å². The van der Waals surface area contributed by atoms with E-state index in [0.29, 0.717) is 23.3 Å². The molecule has 1 heterocycles. The summed E-state index contributed by atoms with van der Waals surface area (Å²) in [5.41, 5.74) is 5.73. The van der Waals surface area contributed by atoms with E-state index >= 15 is 0 Å². The SMILES string of the molecule is CCCc1nc(N)cc(Oc2cccc(Br)c2)n1. The van der Waals surface area contributed by atoms with Crippen molar-refractivity contribution >= 4 is 21.7 Å². The van der Waals surface area contributed by atoms with Crippen LogP contribution >= 0.6 is 15.9 Å². The second-order valence-electron chi connectivity index (χ2n) is 3.86. The number of rotatable bonds is 4. The number of halogens is 1. The summed E-state index contributed by atoms with van der Waals surface area (Å²) in [6, 6.07) is 9.20. The zero-order valence-electron chi connectivity index (χ0n) is 10.1. The third kappa shape index (κ3) is 3.43. The molecule has 0 radical (unpaired) electrons. The number of hydrogen-bond donors (Lipinski definition) is 1. The molecule has 0 spiro atoms. The minimum Gasteiger partial charge on any atom is -0.439 e. The van der Waals surface area contributed by atoms with E-state index in [2.05, 4.69) is 32.8 Å². The van der Waals surface area contributed by atoms with Gasteiger partial charge in [-0.2, -0.15) is 4.98 Å². The van der Waals surface area contributed by atoms with Gasteiger partial charge in [-0.1, -0.05) is 28.9 Å². The van der Waals surface area contributed by atoms with Crippen molar-refractivity contribution in [3.63, 3.8) is 0 Å². The zero-order valence-corrected chi connectivity index (χ0v) is 11.6. The van der Waals surface area contributed by atoms with E-state index in [-0.39, 0.29) is 0 Å². The Morgan fingerprint density at radius 2 is 2.11 bits per heavy atom. The number of nitrogens with two attached hydrogens (primary N) is 1. The Hall–Kier alpha value is -1.62. The molecule has 0 saturated heterocycles. The summed E-state index contributed by atoms with van der Waals surface area (Å²) in [5, 5.41) is 0. The zero-order chi connectivity index (χ0) is 13.0. The second kappa shape index (κ2) is 5.82. The quantitative estimate of drug-likeness (QED) is 0.938. The van der Waals surface area contributed by atoms with Gasteiger partial charge in [0.1, 0.15) is 17.4 Å². The number of aromatic nitrogens is 2. The lowest BCUT2D eigenvalue weighted by Crippen LogP contribution is -2.01. The molecular formula is C13H14BrN3O. The van der Waals surface area contributed by atoms with E-state index in [4.69, 9.17) is 10.5 Å². The van der Waals surface area contributed by atoms with Crippen molar-refractivity contribution in [3.05, 3.63) is 40.6 Å². The first-order valence-electron chi connectivity index (χ1n) is 5.74. The molecule has 1 aromatic heterocycles. The maximum atomic E-state index is 5.73. The maximum absolute atomic E-state index is 5.73. The van der Waals surface area contributed by atoms with E-state index < -0.39 is 0 Å². The van der Waals surface area contributed by atoms with E-state index in [0.717, 1.165) is 17.3 Å². The predicted molar refractivity (Wildman–Crippen MR) is 74.7 cm³/mol. The average Bonchev–Trinajstić information content (AvgIpc) is 2.28. The monoisotopic (exact) mass is 307 g/mol. The average molecular weight is 308 g/mol. The van der Waals surface area contributed by atoms with Gasteiger partial charge < -0.3 is 10.5 Å². The second-order valence-corrected chi connectivity index (χ2v) is 4.77. The maximum Gasteiger partial charge on any atom is 0.224 e. The van der Waals surface area contributed by atoms with Gasteiger partial charge >= 0.3 is 0 Å². The molecule has 2 aromatic rings. The first kappa shape index (κ1) is 12.8. The lowest BCUT2D eigenvalue weighted by Gasteiger charge is -2.07. The Kier molecular flexibility index (Phi) is 4.15. The van der Waals surface area contributed by atoms with Crippen molar-refractivity contribution in [2.45, 2.75) is 19.8 Å². The summed E-state index contributed by atoms with van der Waals surface area (Å²) < 4.78 is 6.62. The van der Waals surface area contributed by atoms with Crippen LogP contribution in [0.5, 0.6) is 11.6 Å². The van der Waals surface area contributed by atoms with Crippen LogP contribution in [0.3, 0.4) is 0 Å². The lowest BCUT2D eigenvalue weighted by atomic mass is 10.3. The van der Waals surface area contributed by atoms with Crippen LogP contribution in [0.4, 0.5) is 5.82 Å². The normalized spacial score (nSPS) is 10.3. The van der Waals surface area contributed by atoms with Crippen LogP contribution in [0.2, 0.25) is 0 Å². The van der Waals surface area contributed by atoms with Gasteiger partial charge in [-0.3, -0.25) is 0 Å². The van der Waals surface area contributed by atoms with E-state index in [9.17, 15) is 0 Å². The topological polar surface area (TPSA) is 61.0 Å².